The molecule has 1 N–H and O–H groups in total. The number of sulfone groups is 1. The summed E-state index contributed by atoms with van der Waals surface area (Å²) in [7, 11) is -3.44. The highest BCUT2D eigenvalue weighted by Crippen LogP contribution is 2.18. The van der Waals surface area contributed by atoms with Crippen LogP contribution >= 0.6 is 0 Å². The molecule has 1 aromatic rings. The van der Waals surface area contributed by atoms with E-state index in [2.05, 4.69) is 11.8 Å². The van der Waals surface area contributed by atoms with Crippen LogP contribution in [0.4, 0.5) is 0 Å². The Morgan fingerprint density at radius 1 is 1.38 bits per heavy atom. The molecule has 1 aliphatic heterocycles. The molecule has 5 nitrogen and oxygen atoms in total. The Bertz CT molecular complexity index is 612. The molecule has 0 aliphatic carbocycles. The zero-order chi connectivity index (χ0) is 15.5. The highest BCUT2D eigenvalue weighted by Gasteiger charge is 2.22. The Balaban J connectivity index is 2.07. The summed E-state index contributed by atoms with van der Waals surface area (Å²) in [5.74, 6) is -1.09. The standard InChI is InChI=1S/C15H21NO4S/c1-12-5-2-3-8-16(12)9-10-21(19,20)14-7-4-6-13(11-14)15(17)18/h4,6-7,11-12H,2-3,5,8-10H2,1H3,(H,17,18). The fourth-order valence-electron chi connectivity index (χ4n) is 2.67. The molecule has 2 rings (SSSR count). The van der Waals surface area contributed by atoms with Crippen molar-refractivity contribution in [2.75, 3.05) is 18.8 Å². The number of rotatable bonds is 5. The van der Waals surface area contributed by atoms with Crippen molar-refractivity contribution < 1.29 is 18.3 Å². The van der Waals surface area contributed by atoms with Crippen LogP contribution in [0.25, 0.3) is 0 Å². The summed E-state index contributed by atoms with van der Waals surface area (Å²) >= 11 is 0. The topological polar surface area (TPSA) is 74.7 Å². The van der Waals surface area contributed by atoms with Gasteiger partial charge in [0.2, 0.25) is 0 Å². The Morgan fingerprint density at radius 2 is 2.14 bits per heavy atom. The number of carboxylic acid groups (broad SMARTS) is 1. The number of hydrogen-bond acceptors (Lipinski definition) is 4. The number of aromatic carboxylic acids is 1. The van der Waals surface area contributed by atoms with Gasteiger partial charge in [0.15, 0.2) is 9.84 Å². The number of hydrogen-bond donors (Lipinski definition) is 1. The highest BCUT2D eigenvalue weighted by molar-refractivity contribution is 7.91. The maximum Gasteiger partial charge on any atom is 0.335 e. The largest absolute Gasteiger partial charge is 0.478 e. The van der Waals surface area contributed by atoms with Crippen molar-refractivity contribution in [3.8, 4) is 0 Å². The molecule has 116 valence electrons. The normalized spacial score (nSPS) is 20.3. The van der Waals surface area contributed by atoms with E-state index < -0.39 is 15.8 Å². The van der Waals surface area contributed by atoms with Crippen LogP contribution in [0, 0.1) is 0 Å². The predicted molar refractivity (Wildman–Crippen MR) is 80.3 cm³/mol. The van der Waals surface area contributed by atoms with Gasteiger partial charge in [0.1, 0.15) is 0 Å². The van der Waals surface area contributed by atoms with Crippen LogP contribution in [0.3, 0.4) is 0 Å². The molecular formula is C15H21NO4S. The first-order chi connectivity index (χ1) is 9.90. The van der Waals surface area contributed by atoms with E-state index in [9.17, 15) is 13.2 Å². The number of nitrogens with zero attached hydrogens (tertiary/aromatic N) is 1. The fraction of sp³-hybridized carbons (Fsp3) is 0.533. The summed E-state index contributed by atoms with van der Waals surface area (Å²) in [5, 5.41) is 8.94. The number of likely N-dealkylation sites (tertiary alicyclic amines) is 1. The summed E-state index contributed by atoms with van der Waals surface area (Å²) in [6.07, 6.45) is 3.42. The molecule has 1 heterocycles. The van der Waals surface area contributed by atoms with E-state index in [0.717, 1.165) is 19.4 Å². The van der Waals surface area contributed by atoms with Crippen molar-refractivity contribution in [3.63, 3.8) is 0 Å². The second-order valence-electron chi connectivity index (χ2n) is 5.53. The SMILES string of the molecule is CC1CCCCN1CCS(=O)(=O)c1cccc(C(=O)O)c1. The molecule has 0 spiro atoms. The Morgan fingerprint density at radius 3 is 2.81 bits per heavy atom. The molecule has 1 unspecified atom stereocenters. The maximum atomic E-state index is 12.3. The summed E-state index contributed by atoms with van der Waals surface area (Å²) in [5.41, 5.74) is 0.00224. The second kappa shape index (κ2) is 6.58. The molecule has 1 fully saturated rings. The lowest BCUT2D eigenvalue weighted by Gasteiger charge is -2.33. The van der Waals surface area contributed by atoms with Gasteiger partial charge in [-0.3, -0.25) is 4.90 Å². The zero-order valence-electron chi connectivity index (χ0n) is 12.2. The zero-order valence-corrected chi connectivity index (χ0v) is 13.0. The molecule has 6 heteroatoms. The molecule has 1 aromatic carbocycles. The summed E-state index contributed by atoms with van der Waals surface area (Å²) < 4.78 is 24.7. The van der Waals surface area contributed by atoms with Gasteiger partial charge in [0, 0.05) is 12.6 Å². The van der Waals surface area contributed by atoms with Crippen LogP contribution in [-0.4, -0.2) is 49.3 Å². The molecule has 1 aliphatic rings. The summed E-state index contributed by atoms with van der Waals surface area (Å²) in [6.45, 7) is 3.56. The van der Waals surface area contributed by atoms with Gasteiger partial charge in [-0.05, 0) is 44.5 Å². The molecule has 0 amide bonds. The van der Waals surface area contributed by atoms with E-state index in [4.69, 9.17) is 5.11 Å². The van der Waals surface area contributed by atoms with Gasteiger partial charge in [0.05, 0.1) is 16.2 Å². The second-order valence-corrected chi connectivity index (χ2v) is 7.64. The average molecular weight is 311 g/mol. The Hall–Kier alpha value is -1.40. The average Bonchev–Trinajstić information content (AvgIpc) is 2.46. The smallest absolute Gasteiger partial charge is 0.335 e. The number of carboxylic acids is 1. The van der Waals surface area contributed by atoms with Gasteiger partial charge in [-0.2, -0.15) is 0 Å². The van der Waals surface area contributed by atoms with Crippen LogP contribution in [0.5, 0.6) is 0 Å². The third-order valence-electron chi connectivity index (χ3n) is 4.03. The molecule has 21 heavy (non-hydrogen) atoms. The monoisotopic (exact) mass is 311 g/mol. The molecule has 0 radical (unpaired) electrons. The van der Waals surface area contributed by atoms with Crippen LogP contribution < -0.4 is 0 Å². The highest BCUT2D eigenvalue weighted by atomic mass is 32.2. The third kappa shape index (κ3) is 4.04. The Labute approximate surface area is 125 Å². The van der Waals surface area contributed by atoms with Crippen LogP contribution in [0.15, 0.2) is 29.2 Å². The van der Waals surface area contributed by atoms with Gasteiger partial charge in [0.25, 0.3) is 0 Å². The maximum absolute atomic E-state index is 12.3. The van der Waals surface area contributed by atoms with Gasteiger partial charge in [-0.25, -0.2) is 13.2 Å². The van der Waals surface area contributed by atoms with Crippen molar-refractivity contribution in [3.05, 3.63) is 29.8 Å². The molecule has 0 bridgehead atoms. The van der Waals surface area contributed by atoms with Crippen LogP contribution in [0.2, 0.25) is 0 Å². The van der Waals surface area contributed by atoms with E-state index in [0.29, 0.717) is 12.6 Å². The lowest BCUT2D eigenvalue weighted by molar-refractivity contribution is 0.0696. The lowest BCUT2D eigenvalue weighted by Crippen LogP contribution is -2.40. The number of benzene rings is 1. The third-order valence-corrected chi connectivity index (χ3v) is 5.72. The van der Waals surface area contributed by atoms with E-state index in [1.807, 2.05) is 0 Å². The van der Waals surface area contributed by atoms with Crippen molar-refractivity contribution in [2.45, 2.75) is 37.1 Å². The van der Waals surface area contributed by atoms with E-state index >= 15 is 0 Å². The van der Waals surface area contributed by atoms with Gasteiger partial charge < -0.3 is 5.11 Å². The first-order valence-electron chi connectivity index (χ1n) is 7.20. The quantitative estimate of drug-likeness (QED) is 0.900. The molecule has 1 atom stereocenters. The Kier molecular flexibility index (Phi) is 5.00. The van der Waals surface area contributed by atoms with Gasteiger partial charge in [-0.15, -0.1) is 0 Å². The van der Waals surface area contributed by atoms with Crippen molar-refractivity contribution >= 4 is 15.8 Å². The minimum absolute atomic E-state index is 0.00224. The van der Waals surface area contributed by atoms with Crippen LogP contribution in [-0.2, 0) is 9.84 Å². The van der Waals surface area contributed by atoms with Crippen molar-refractivity contribution in [2.24, 2.45) is 0 Å². The molecule has 1 saturated heterocycles. The lowest BCUT2D eigenvalue weighted by atomic mass is 10.0. The first kappa shape index (κ1) is 16.0. The predicted octanol–water partition coefficient (Wildman–Crippen LogP) is 2.03. The van der Waals surface area contributed by atoms with Gasteiger partial charge >= 0.3 is 5.97 Å². The fourth-order valence-corrected chi connectivity index (χ4v) is 3.97. The first-order valence-corrected chi connectivity index (χ1v) is 8.85. The van der Waals surface area contributed by atoms with Crippen molar-refractivity contribution in [1.29, 1.82) is 0 Å². The molecule has 0 aromatic heterocycles. The van der Waals surface area contributed by atoms with E-state index in [1.165, 1.54) is 30.7 Å². The number of piperidine rings is 1. The summed E-state index contributed by atoms with van der Waals surface area (Å²) in [4.78, 5) is 13.2. The molecule has 0 saturated carbocycles. The minimum atomic E-state index is -3.44. The number of carbonyl (C=O) groups is 1. The summed E-state index contributed by atoms with van der Waals surface area (Å²) in [6, 6.07) is 5.98. The molecular weight excluding hydrogens is 290 g/mol. The minimum Gasteiger partial charge on any atom is -0.478 e. The van der Waals surface area contributed by atoms with E-state index in [-0.39, 0.29) is 16.2 Å². The van der Waals surface area contributed by atoms with Gasteiger partial charge in [-0.1, -0.05) is 12.5 Å². The van der Waals surface area contributed by atoms with E-state index in [1.54, 1.807) is 0 Å². The van der Waals surface area contributed by atoms with Crippen molar-refractivity contribution in [1.82, 2.24) is 4.90 Å². The van der Waals surface area contributed by atoms with Crippen LogP contribution in [0.1, 0.15) is 36.5 Å².